The Kier molecular flexibility index (Phi) is 4.01. The number of rotatable bonds is 2. The molecule has 0 amide bonds. The third-order valence-corrected chi connectivity index (χ3v) is 5.99. The molecule has 3 aromatic rings. The molecule has 1 aromatic heterocycles. The zero-order chi connectivity index (χ0) is 18.4. The van der Waals surface area contributed by atoms with Crippen molar-refractivity contribution in [1.29, 1.82) is 0 Å². The molecule has 2 heterocycles. The number of hydrogen-bond donors (Lipinski definition) is 0. The van der Waals surface area contributed by atoms with Gasteiger partial charge >= 0.3 is 0 Å². The number of fused-ring (bicyclic) bond motifs is 4. The van der Waals surface area contributed by atoms with Gasteiger partial charge in [-0.25, -0.2) is 4.98 Å². The van der Waals surface area contributed by atoms with Crippen molar-refractivity contribution in [2.45, 2.75) is 12.8 Å². The van der Waals surface area contributed by atoms with Crippen LogP contribution in [0.4, 0.5) is 5.69 Å². The van der Waals surface area contributed by atoms with Crippen molar-refractivity contribution in [2.75, 3.05) is 45.2 Å². The second-order valence-electron chi connectivity index (χ2n) is 7.62. The number of methoxy groups -OCH3 is 1. The van der Waals surface area contributed by atoms with E-state index in [0.29, 0.717) is 0 Å². The molecule has 2 aromatic carbocycles. The minimum absolute atomic E-state index is 0.928. The minimum atomic E-state index is 0.928. The molecule has 1 saturated heterocycles. The van der Waals surface area contributed by atoms with Gasteiger partial charge in [0.25, 0.3) is 0 Å². The molecular weight excluding hydrogens is 334 g/mol. The van der Waals surface area contributed by atoms with Crippen LogP contribution in [0.5, 0.6) is 5.75 Å². The third-order valence-electron chi connectivity index (χ3n) is 5.99. The van der Waals surface area contributed by atoms with Crippen molar-refractivity contribution in [1.82, 2.24) is 9.88 Å². The van der Waals surface area contributed by atoms with Crippen molar-refractivity contribution < 1.29 is 4.74 Å². The standard InChI is InChI=1S/C23H25N3O/c1-25-11-13-26(14-12-25)23-19-5-3-4-6-21(19)24-22-18-10-8-17(27-2)15-16(18)7-9-20(22)23/h3-6,8,10,15H,7,9,11-14H2,1-2H3. The first-order chi connectivity index (χ1) is 13.2. The van der Waals surface area contributed by atoms with Crippen LogP contribution in [-0.4, -0.2) is 50.2 Å². The fourth-order valence-electron chi connectivity index (χ4n) is 4.48. The van der Waals surface area contributed by atoms with Crippen LogP contribution in [0, 0.1) is 0 Å². The Morgan fingerprint density at radius 2 is 1.78 bits per heavy atom. The topological polar surface area (TPSA) is 28.6 Å². The van der Waals surface area contributed by atoms with Crippen molar-refractivity contribution in [3.8, 4) is 17.0 Å². The first-order valence-corrected chi connectivity index (χ1v) is 9.77. The molecule has 0 atom stereocenters. The van der Waals surface area contributed by atoms with E-state index in [2.05, 4.69) is 59.3 Å². The zero-order valence-electron chi connectivity index (χ0n) is 16.0. The van der Waals surface area contributed by atoms with E-state index in [4.69, 9.17) is 9.72 Å². The number of likely N-dealkylation sites (N-methyl/N-ethyl adjacent to an activating group) is 1. The Balaban J connectivity index is 1.72. The van der Waals surface area contributed by atoms with Gasteiger partial charge in [0.15, 0.2) is 0 Å². The number of hydrogen-bond acceptors (Lipinski definition) is 4. The molecule has 0 radical (unpaired) electrons. The number of ether oxygens (including phenoxy) is 1. The van der Waals surface area contributed by atoms with Gasteiger partial charge in [0, 0.05) is 42.7 Å². The highest BCUT2D eigenvalue weighted by molar-refractivity contribution is 5.97. The molecule has 138 valence electrons. The molecule has 0 saturated carbocycles. The molecule has 0 spiro atoms. The van der Waals surface area contributed by atoms with E-state index >= 15 is 0 Å². The van der Waals surface area contributed by atoms with Crippen LogP contribution in [0.1, 0.15) is 11.1 Å². The van der Waals surface area contributed by atoms with Crippen molar-refractivity contribution in [3.05, 3.63) is 53.6 Å². The summed E-state index contributed by atoms with van der Waals surface area (Å²) in [5.41, 5.74) is 7.67. The Labute approximate surface area is 160 Å². The van der Waals surface area contributed by atoms with Gasteiger partial charge in [-0.2, -0.15) is 0 Å². The van der Waals surface area contributed by atoms with Gasteiger partial charge in [-0.3, -0.25) is 0 Å². The van der Waals surface area contributed by atoms with E-state index in [1.54, 1.807) is 7.11 Å². The highest BCUT2D eigenvalue weighted by Gasteiger charge is 2.26. The van der Waals surface area contributed by atoms with Crippen LogP contribution in [0.15, 0.2) is 42.5 Å². The first kappa shape index (κ1) is 16.6. The minimum Gasteiger partial charge on any atom is -0.497 e. The summed E-state index contributed by atoms with van der Waals surface area (Å²) in [5, 5.41) is 1.29. The summed E-state index contributed by atoms with van der Waals surface area (Å²) in [6, 6.07) is 15.0. The summed E-state index contributed by atoms with van der Waals surface area (Å²) in [6.45, 7) is 4.37. The predicted octanol–water partition coefficient (Wildman–Crippen LogP) is 3.76. The predicted molar refractivity (Wildman–Crippen MR) is 111 cm³/mol. The number of para-hydroxylation sites is 1. The lowest BCUT2D eigenvalue weighted by molar-refractivity contribution is 0.313. The Bertz CT molecular complexity index is 1010. The van der Waals surface area contributed by atoms with Crippen LogP contribution in [0.25, 0.3) is 22.2 Å². The highest BCUT2D eigenvalue weighted by atomic mass is 16.5. The van der Waals surface area contributed by atoms with E-state index in [1.165, 1.54) is 27.8 Å². The number of aromatic nitrogens is 1. The van der Waals surface area contributed by atoms with Crippen LogP contribution < -0.4 is 9.64 Å². The maximum Gasteiger partial charge on any atom is 0.119 e. The van der Waals surface area contributed by atoms with Gasteiger partial charge in [-0.15, -0.1) is 0 Å². The van der Waals surface area contributed by atoms with E-state index in [9.17, 15) is 0 Å². The highest BCUT2D eigenvalue weighted by Crippen LogP contribution is 2.42. The maximum absolute atomic E-state index is 5.43. The number of anilines is 1. The Morgan fingerprint density at radius 3 is 2.59 bits per heavy atom. The molecule has 0 unspecified atom stereocenters. The molecule has 2 aliphatic rings. The molecule has 4 nitrogen and oxygen atoms in total. The Hall–Kier alpha value is -2.59. The van der Waals surface area contributed by atoms with Crippen LogP contribution >= 0.6 is 0 Å². The molecular formula is C23H25N3O. The number of nitrogens with zero attached hydrogens (tertiary/aromatic N) is 3. The average Bonchev–Trinajstić information content (AvgIpc) is 2.72. The Morgan fingerprint density at radius 1 is 0.963 bits per heavy atom. The normalized spacial score (nSPS) is 16.9. The number of piperazine rings is 1. The molecule has 4 heteroatoms. The fraction of sp³-hybridized carbons (Fsp3) is 0.348. The molecule has 1 aliphatic carbocycles. The molecule has 1 aliphatic heterocycles. The van der Waals surface area contributed by atoms with E-state index in [1.807, 2.05) is 0 Å². The summed E-state index contributed by atoms with van der Waals surface area (Å²) in [6.07, 6.45) is 2.08. The molecule has 1 fully saturated rings. The summed E-state index contributed by atoms with van der Waals surface area (Å²) >= 11 is 0. The van der Waals surface area contributed by atoms with Crippen LogP contribution in [0.3, 0.4) is 0 Å². The SMILES string of the molecule is COc1ccc2c(c1)CCc1c-2nc2ccccc2c1N1CCN(C)CC1. The van der Waals surface area contributed by atoms with Crippen molar-refractivity contribution >= 4 is 16.6 Å². The smallest absolute Gasteiger partial charge is 0.119 e. The number of aryl methyl sites for hydroxylation is 1. The van der Waals surface area contributed by atoms with Crippen LogP contribution in [0.2, 0.25) is 0 Å². The lowest BCUT2D eigenvalue weighted by Crippen LogP contribution is -2.45. The molecule has 0 bridgehead atoms. The first-order valence-electron chi connectivity index (χ1n) is 9.77. The van der Waals surface area contributed by atoms with Crippen molar-refractivity contribution in [3.63, 3.8) is 0 Å². The molecule has 0 N–H and O–H groups in total. The van der Waals surface area contributed by atoms with Gasteiger partial charge in [0.2, 0.25) is 0 Å². The fourth-order valence-corrected chi connectivity index (χ4v) is 4.48. The summed E-state index contributed by atoms with van der Waals surface area (Å²) in [5.74, 6) is 0.928. The largest absolute Gasteiger partial charge is 0.497 e. The second-order valence-corrected chi connectivity index (χ2v) is 7.62. The van der Waals surface area contributed by atoms with E-state index < -0.39 is 0 Å². The lowest BCUT2D eigenvalue weighted by atomic mass is 9.86. The van der Waals surface area contributed by atoms with Gasteiger partial charge in [0.05, 0.1) is 24.0 Å². The monoisotopic (exact) mass is 359 g/mol. The maximum atomic E-state index is 5.43. The summed E-state index contributed by atoms with van der Waals surface area (Å²) in [7, 11) is 3.94. The zero-order valence-corrected chi connectivity index (χ0v) is 16.0. The summed E-state index contributed by atoms with van der Waals surface area (Å²) in [4.78, 5) is 10.1. The van der Waals surface area contributed by atoms with E-state index in [0.717, 1.165) is 56.0 Å². The van der Waals surface area contributed by atoms with E-state index in [-0.39, 0.29) is 0 Å². The second kappa shape index (κ2) is 6.54. The van der Waals surface area contributed by atoms with Gasteiger partial charge in [-0.1, -0.05) is 18.2 Å². The number of pyridine rings is 1. The third kappa shape index (κ3) is 2.76. The average molecular weight is 359 g/mol. The molecule has 27 heavy (non-hydrogen) atoms. The number of benzene rings is 2. The molecule has 5 rings (SSSR count). The van der Waals surface area contributed by atoms with Gasteiger partial charge < -0.3 is 14.5 Å². The van der Waals surface area contributed by atoms with Crippen molar-refractivity contribution in [2.24, 2.45) is 0 Å². The van der Waals surface area contributed by atoms with Crippen LogP contribution in [-0.2, 0) is 12.8 Å². The quantitative estimate of drug-likeness (QED) is 0.697. The van der Waals surface area contributed by atoms with Gasteiger partial charge in [0.1, 0.15) is 5.75 Å². The lowest BCUT2D eigenvalue weighted by Gasteiger charge is -2.37. The van der Waals surface area contributed by atoms with Gasteiger partial charge in [-0.05, 0) is 49.7 Å². The summed E-state index contributed by atoms with van der Waals surface area (Å²) < 4.78 is 5.43.